The summed E-state index contributed by atoms with van der Waals surface area (Å²) in [5, 5.41) is 9.30. The summed E-state index contributed by atoms with van der Waals surface area (Å²) >= 11 is 0. The normalized spacial score (nSPS) is 12.1. The van der Waals surface area contributed by atoms with Crippen LogP contribution >= 0.6 is 0 Å². The topological polar surface area (TPSA) is 65.0 Å². The maximum absolute atomic E-state index is 11.9. The number of rotatable bonds is 28. The van der Waals surface area contributed by atoms with Gasteiger partial charge in [-0.2, -0.15) is 0 Å². The van der Waals surface area contributed by atoms with Crippen molar-refractivity contribution in [1.29, 1.82) is 0 Å². The highest BCUT2D eigenvalue weighted by molar-refractivity contribution is 5.87. The predicted molar refractivity (Wildman–Crippen MR) is 173 cm³/mol. The molecule has 41 heavy (non-hydrogen) atoms. The van der Waals surface area contributed by atoms with E-state index in [0.29, 0.717) is 13.2 Å². The molecule has 1 unspecified atom stereocenters. The van der Waals surface area contributed by atoms with E-state index in [1.807, 2.05) is 18.2 Å². The zero-order chi connectivity index (χ0) is 29.8. The quantitative estimate of drug-likeness (QED) is 0.0613. The van der Waals surface area contributed by atoms with Crippen LogP contribution in [0.15, 0.2) is 24.3 Å². The maximum atomic E-state index is 11.9. The molecule has 0 fully saturated rings. The highest BCUT2D eigenvalue weighted by Gasteiger charge is 2.08. The average Bonchev–Trinajstić information content (AvgIpc) is 2.97. The standard InChI is InChI=1S/C36H62O5/c1-4-6-8-10-12-14-16-18-20-22-28-39-34-26-24-33(25-27-36(38)41-31-32(3)37)30-35(34)40-29-23-21-19-17-15-13-11-9-7-5-2/h24-27,30,32,37H,4-23,28-29,31H2,1-3H3. The smallest absolute Gasteiger partial charge is 0.330 e. The Morgan fingerprint density at radius 1 is 0.683 bits per heavy atom. The van der Waals surface area contributed by atoms with Gasteiger partial charge in [0.2, 0.25) is 0 Å². The van der Waals surface area contributed by atoms with Crippen LogP contribution in [0.2, 0.25) is 0 Å². The lowest BCUT2D eigenvalue weighted by Gasteiger charge is -2.14. The predicted octanol–water partition coefficient (Wildman–Crippen LogP) is 10.2. The van der Waals surface area contributed by atoms with E-state index < -0.39 is 12.1 Å². The first-order valence-corrected chi connectivity index (χ1v) is 17.0. The van der Waals surface area contributed by atoms with Crippen LogP contribution in [0.1, 0.15) is 155 Å². The number of carbonyl (C=O) groups excluding carboxylic acids is 1. The number of ether oxygens (including phenoxy) is 3. The third kappa shape index (κ3) is 22.3. The van der Waals surface area contributed by atoms with E-state index >= 15 is 0 Å². The SMILES string of the molecule is CCCCCCCCCCCCOc1ccc(C=CC(=O)OCC(C)O)cc1OCCCCCCCCCCCC. The van der Waals surface area contributed by atoms with Gasteiger partial charge >= 0.3 is 5.97 Å². The van der Waals surface area contributed by atoms with Crippen LogP contribution in [0, 0.1) is 0 Å². The Morgan fingerprint density at radius 3 is 1.59 bits per heavy atom. The third-order valence-corrected chi connectivity index (χ3v) is 7.36. The van der Waals surface area contributed by atoms with Gasteiger partial charge in [0, 0.05) is 6.08 Å². The van der Waals surface area contributed by atoms with Crippen molar-refractivity contribution >= 4 is 12.0 Å². The minimum atomic E-state index is -0.676. The van der Waals surface area contributed by atoms with Crippen molar-refractivity contribution in [2.45, 2.75) is 155 Å². The van der Waals surface area contributed by atoms with Crippen LogP contribution in [0.4, 0.5) is 0 Å². The van der Waals surface area contributed by atoms with E-state index in [4.69, 9.17) is 14.2 Å². The fourth-order valence-electron chi connectivity index (χ4n) is 4.82. The Balaban J connectivity index is 2.45. The lowest BCUT2D eigenvalue weighted by atomic mass is 10.1. The van der Waals surface area contributed by atoms with Gasteiger partial charge in [0.15, 0.2) is 11.5 Å². The Hall–Kier alpha value is -2.01. The number of hydrogen-bond donors (Lipinski definition) is 1. The number of benzene rings is 1. The van der Waals surface area contributed by atoms with Crippen molar-refractivity contribution in [2.24, 2.45) is 0 Å². The van der Waals surface area contributed by atoms with Crippen LogP contribution in [0.25, 0.3) is 6.08 Å². The molecule has 5 nitrogen and oxygen atoms in total. The van der Waals surface area contributed by atoms with Crippen molar-refractivity contribution in [3.8, 4) is 11.5 Å². The molecule has 1 N–H and O–H groups in total. The van der Waals surface area contributed by atoms with Crippen LogP contribution in [0.3, 0.4) is 0 Å². The minimum Gasteiger partial charge on any atom is -0.490 e. The van der Waals surface area contributed by atoms with Crippen LogP contribution in [0.5, 0.6) is 11.5 Å². The van der Waals surface area contributed by atoms with Gasteiger partial charge < -0.3 is 19.3 Å². The van der Waals surface area contributed by atoms with Gasteiger partial charge in [-0.3, -0.25) is 0 Å². The van der Waals surface area contributed by atoms with E-state index in [1.54, 1.807) is 13.0 Å². The molecule has 0 aliphatic carbocycles. The summed E-state index contributed by atoms with van der Waals surface area (Å²) in [6.45, 7) is 7.45. The van der Waals surface area contributed by atoms with Crippen LogP contribution in [-0.4, -0.2) is 37.0 Å². The molecule has 0 aliphatic heterocycles. The second-order valence-electron chi connectivity index (χ2n) is 11.6. The van der Waals surface area contributed by atoms with Crippen molar-refractivity contribution in [3.63, 3.8) is 0 Å². The largest absolute Gasteiger partial charge is 0.490 e. The van der Waals surface area contributed by atoms with Gasteiger partial charge in [-0.25, -0.2) is 4.79 Å². The zero-order valence-electron chi connectivity index (χ0n) is 26.8. The minimum absolute atomic E-state index is 0.0118. The highest BCUT2D eigenvalue weighted by Crippen LogP contribution is 2.30. The monoisotopic (exact) mass is 574 g/mol. The fraction of sp³-hybridized carbons (Fsp3) is 0.750. The highest BCUT2D eigenvalue weighted by atomic mass is 16.5. The third-order valence-electron chi connectivity index (χ3n) is 7.36. The van der Waals surface area contributed by atoms with Gasteiger partial charge in [-0.15, -0.1) is 0 Å². The number of unbranched alkanes of at least 4 members (excludes halogenated alkanes) is 18. The van der Waals surface area contributed by atoms with Gasteiger partial charge in [-0.1, -0.05) is 135 Å². The molecule has 0 amide bonds. The maximum Gasteiger partial charge on any atom is 0.330 e. The summed E-state index contributed by atoms with van der Waals surface area (Å²) < 4.78 is 17.3. The van der Waals surface area contributed by atoms with Crippen LogP contribution in [-0.2, 0) is 9.53 Å². The van der Waals surface area contributed by atoms with E-state index in [0.717, 1.165) is 29.9 Å². The number of esters is 1. The molecule has 1 atom stereocenters. The Morgan fingerprint density at radius 2 is 1.12 bits per heavy atom. The molecule has 0 aromatic heterocycles. The molecular formula is C36H62O5. The van der Waals surface area contributed by atoms with Crippen molar-refractivity contribution < 1.29 is 24.1 Å². The number of aliphatic hydroxyl groups is 1. The van der Waals surface area contributed by atoms with Crippen molar-refractivity contribution in [2.75, 3.05) is 19.8 Å². The molecular weight excluding hydrogens is 512 g/mol. The number of aliphatic hydroxyl groups excluding tert-OH is 1. The Bertz CT molecular complexity index is 773. The first-order chi connectivity index (χ1) is 20.1. The lowest BCUT2D eigenvalue weighted by molar-refractivity contribution is -0.140. The molecule has 0 spiro atoms. The van der Waals surface area contributed by atoms with E-state index in [9.17, 15) is 9.90 Å². The van der Waals surface area contributed by atoms with Crippen LogP contribution < -0.4 is 9.47 Å². The number of hydrogen-bond acceptors (Lipinski definition) is 5. The van der Waals surface area contributed by atoms with Gasteiger partial charge in [0.25, 0.3) is 0 Å². The molecule has 0 saturated carbocycles. The molecule has 1 rings (SSSR count). The first kappa shape index (κ1) is 37.0. The van der Waals surface area contributed by atoms with Gasteiger partial charge in [0.1, 0.15) is 6.61 Å². The Kier molecular flexibility index (Phi) is 24.3. The van der Waals surface area contributed by atoms with Crippen molar-refractivity contribution in [3.05, 3.63) is 29.8 Å². The average molecular weight is 575 g/mol. The molecule has 1 aromatic carbocycles. The van der Waals surface area contributed by atoms with Gasteiger partial charge in [0.05, 0.1) is 19.3 Å². The Labute approximate surface area is 252 Å². The summed E-state index contributed by atoms with van der Waals surface area (Å²) in [5.74, 6) is 1.02. The molecule has 0 aliphatic rings. The lowest BCUT2D eigenvalue weighted by Crippen LogP contribution is -2.13. The summed E-state index contributed by atoms with van der Waals surface area (Å²) in [4.78, 5) is 11.9. The molecule has 5 heteroatoms. The summed E-state index contributed by atoms with van der Waals surface area (Å²) in [5.41, 5.74) is 0.850. The zero-order valence-corrected chi connectivity index (χ0v) is 26.8. The molecule has 0 heterocycles. The summed E-state index contributed by atoms with van der Waals surface area (Å²) in [6.07, 6.45) is 28.3. The van der Waals surface area contributed by atoms with E-state index in [-0.39, 0.29) is 6.61 Å². The number of carbonyl (C=O) groups is 1. The van der Waals surface area contributed by atoms with E-state index in [1.165, 1.54) is 122 Å². The first-order valence-electron chi connectivity index (χ1n) is 17.0. The fourth-order valence-corrected chi connectivity index (χ4v) is 4.82. The second-order valence-corrected chi connectivity index (χ2v) is 11.6. The molecule has 0 radical (unpaired) electrons. The molecule has 0 saturated heterocycles. The second kappa shape index (κ2) is 26.9. The van der Waals surface area contributed by atoms with E-state index in [2.05, 4.69) is 13.8 Å². The molecule has 1 aromatic rings. The summed E-state index contributed by atoms with van der Waals surface area (Å²) in [7, 11) is 0. The molecule has 0 bridgehead atoms. The molecule has 236 valence electrons. The van der Waals surface area contributed by atoms with Crippen molar-refractivity contribution in [1.82, 2.24) is 0 Å². The summed E-state index contributed by atoms with van der Waals surface area (Å²) in [6, 6.07) is 5.80. The van der Waals surface area contributed by atoms with Gasteiger partial charge in [-0.05, 0) is 43.5 Å².